The molecule has 1 aliphatic rings. The van der Waals surface area contributed by atoms with Crippen LogP contribution in [0.2, 0.25) is 0 Å². The van der Waals surface area contributed by atoms with Gasteiger partial charge in [0.25, 0.3) is 0 Å². The molecule has 3 heteroatoms. The Bertz CT molecular complexity index is 319. The summed E-state index contributed by atoms with van der Waals surface area (Å²) in [7, 11) is 0. The Morgan fingerprint density at radius 3 is 3.06 bits per heavy atom. The lowest BCUT2D eigenvalue weighted by Gasteiger charge is -2.19. The van der Waals surface area contributed by atoms with Crippen LogP contribution in [0.4, 0.5) is 0 Å². The summed E-state index contributed by atoms with van der Waals surface area (Å²) in [5.41, 5.74) is 1.42. The minimum atomic E-state index is 1.14. The third-order valence-corrected chi connectivity index (χ3v) is 3.53. The predicted octanol–water partition coefficient (Wildman–Crippen LogP) is 2.29. The Kier molecular flexibility index (Phi) is 4.82. The molecule has 1 N–H and O–H groups in total. The maximum Gasteiger partial charge on any atom is 0.0178 e. The largest absolute Gasteiger partial charge is 0.315 e. The first-order chi connectivity index (χ1) is 7.84. The second-order valence-electron chi connectivity index (χ2n) is 4.33. The summed E-state index contributed by atoms with van der Waals surface area (Å²) in [6, 6.07) is 8.62. The normalized spacial score (nSPS) is 18.3. The van der Waals surface area contributed by atoms with Crippen LogP contribution in [0, 0.1) is 0 Å². The van der Waals surface area contributed by atoms with Crippen LogP contribution in [0.1, 0.15) is 12.0 Å². The Morgan fingerprint density at radius 2 is 2.19 bits per heavy atom. The summed E-state index contributed by atoms with van der Waals surface area (Å²) >= 11 is 3.52. The quantitative estimate of drug-likeness (QED) is 0.915. The highest BCUT2D eigenvalue weighted by molar-refractivity contribution is 9.10. The topological polar surface area (TPSA) is 15.3 Å². The monoisotopic (exact) mass is 282 g/mol. The average molecular weight is 283 g/mol. The summed E-state index contributed by atoms with van der Waals surface area (Å²) in [5, 5.41) is 3.44. The molecule has 0 aliphatic carbocycles. The molecular formula is C13H19BrN2. The molecule has 0 unspecified atom stereocenters. The fourth-order valence-corrected chi connectivity index (χ4v) is 2.55. The molecule has 1 aromatic carbocycles. The molecule has 1 aromatic rings. The van der Waals surface area contributed by atoms with Gasteiger partial charge in [0, 0.05) is 24.1 Å². The Hall–Kier alpha value is -0.380. The van der Waals surface area contributed by atoms with Crippen LogP contribution in [0.5, 0.6) is 0 Å². The molecule has 0 radical (unpaired) electrons. The molecule has 0 atom stereocenters. The Labute approximate surface area is 106 Å². The molecule has 2 nitrogen and oxygen atoms in total. The van der Waals surface area contributed by atoms with E-state index in [1.165, 1.54) is 42.6 Å². The number of hydrogen-bond donors (Lipinski definition) is 1. The van der Waals surface area contributed by atoms with E-state index in [9.17, 15) is 0 Å². The van der Waals surface area contributed by atoms with E-state index < -0.39 is 0 Å². The molecule has 0 aromatic heterocycles. The first-order valence-electron chi connectivity index (χ1n) is 6.02. The van der Waals surface area contributed by atoms with Gasteiger partial charge in [0.1, 0.15) is 0 Å². The van der Waals surface area contributed by atoms with Crippen molar-refractivity contribution >= 4 is 15.9 Å². The van der Waals surface area contributed by atoms with Crippen LogP contribution in [-0.2, 0) is 6.42 Å². The van der Waals surface area contributed by atoms with Crippen molar-refractivity contribution in [2.75, 3.05) is 32.7 Å². The number of rotatable bonds is 3. The van der Waals surface area contributed by atoms with Gasteiger partial charge in [-0.3, -0.25) is 0 Å². The van der Waals surface area contributed by atoms with Crippen LogP contribution in [0.25, 0.3) is 0 Å². The number of halogens is 1. The Balaban J connectivity index is 1.81. The SMILES string of the molecule is Brc1cccc(CCN2CCCNCC2)c1. The highest BCUT2D eigenvalue weighted by Gasteiger charge is 2.07. The second-order valence-corrected chi connectivity index (χ2v) is 5.24. The van der Waals surface area contributed by atoms with Gasteiger partial charge >= 0.3 is 0 Å². The maximum absolute atomic E-state index is 3.52. The van der Waals surface area contributed by atoms with Crippen molar-refractivity contribution in [3.05, 3.63) is 34.3 Å². The molecule has 1 saturated heterocycles. The van der Waals surface area contributed by atoms with Gasteiger partial charge in [-0.25, -0.2) is 0 Å². The van der Waals surface area contributed by atoms with Gasteiger partial charge in [-0.2, -0.15) is 0 Å². The van der Waals surface area contributed by atoms with E-state index in [-0.39, 0.29) is 0 Å². The van der Waals surface area contributed by atoms with Crippen molar-refractivity contribution < 1.29 is 0 Å². The molecule has 1 fully saturated rings. The Morgan fingerprint density at radius 1 is 1.25 bits per heavy atom. The minimum Gasteiger partial charge on any atom is -0.315 e. The summed E-state index contributed by atoms with van der Waals surface area (Å²) < 4.78 is 1.18. The van der Waals surface area contributed by atoms with Gasteiger partial charge in [0.05, 0.1) is 0 Å². The van der Waals surface area contributed by atoms with E-state index in [0.717, 1.165) is 13.0 Å². The third kappa shape index (κ3) is 3.89. The van der Waals surface area contributed by atoms with Gasteiger partial charge < -0.3 is 10.2 Å². The zero-order valence-corrected chi connectivity index (χ0v) is 11.2. The lowest BCUT2D eigenvalue weighted by atomic mass is 10.1. The van der Waals surface area contributed by atoms with Crippen LogP contribution in [0.15, 0.2) is 28.7 Å². The van der Waals surface area contributed by atoms with Gasteiger partial charge in [0.2, 0.25) is 0 Å². The van der Waals surface area contributed by atoms with Crippen molar-refractivity contribution in [2.24, 2.45) is 0 Å². The smallest absolute Gasteiger partial charge is 0.0178 e. The second kappa shape index (κ2) is 6.38. The van der Waals surface area contributed by atoms with Gasteiger partial charge in [0.15, 0.2) is 0 Å². The molecule has 2 rings (SSSR count). The molecule has 0 amide bonds. The van der Waals surface area contributed by atoms with Crippen LogP contribution in [-0.4, -0.2) is 37.6 Å². The van der Waals surface area contributed by atoms with E-state index in [1.807, 2.05) is 0 Å². The van der Waals surface area contributed by atoms with Crippen LogP contribution >= 0.6 is 15.9 Å². The molecule has 0 bridgehead atoms. The van der Waals surface area contributed by atoms with Crippen molar-refractivity contribution in [3.8, 4) is 0 Å². The van der Waals surface area contributed by atoms with Crippen LogP contribution in [0.3, 0.4) is 0 Å². The molecule has 16 heavy (non-hydrogen) atoms. The fourth-order valence-electron chi connectivity index (χ4n) is 2.10. The van der Waals surface area contributed by atoms with E-state index in [2.05, 4.69) is 50.4 Å². The average Bonchev–Trinajstić information content (AvgIpc) is 2.55. The standard InChI is InChI=1S/C13H19BrN2/c14-13-4-1-3-12(11-13)5-9-16-8-2-6-15-7-10-16/h1,3-4,11,15H,2,5-10H2. The number of hydrogen-bond acceptors (Lipinski definition) is 2. The van der Waals surface area contributed by atoms with E-state index in [0.29, 0.717) is 0 Å². The molecule has 1 heterocycles. The van der Waals surface area contributed by atoms with Crippen molar-refractivity contribution in [3.63, 3.8) is 0 Å². The highest BCUT2D eigenvalue weighted by atomic mass is 79.9. The zero-order valence-electron chi connectivity index (χ0n) is 9.58. The highest BCUT2D eigenvalue weighted by Crippen LogP contribution is 2.12. The molecule has 0 spiro atoms. The van der Waals surface area contributed by atoms with Crippen molar-refractivity contribution in [1.29, 1.82) is 0 Å². The van der Waals surface area contributed by atoms with Crippen LogP contribution < -0.4 is 5.32 Å². The van der Waals surface area contributed by atoms with Gasteiger partial charge in [-0.15, -0.1) is 0 Å². The maximum atomic E-state index is 3.52. The minimum absolute atomic E-state index is 1.14. The molecular weight excluding hydrogens is 264 g/mol. The molecule has 0 saturated carbocycles. The zero-order chi connectivity index (χ0) is 11.2. The van der Waals surface area contributed by atoms with E-state index in [1.54, 1.807) is 0 Å². The molecule has 88 valence electrons. The molecule has 1 aliphatic heterocycles. The lowest BCUT2D eigenvalue weighted by Crippen LogP contribution is -2.30. The van der Waals surface area contributed by atoms with Crippen molar-refractivity contribution in [2.45, 2.75) is 12.8 Å². The summed E-state index contributed by atoms with van der Waals surface area (Å²) in [6.45, 7) is 5.92. The summed E-state index contributed by atoms with van der Waals surface area (Å²) in [4.78, 5) is 2.56. The van der Waals surface area contributed by atoms with Gasteiger partial charge in [-0.05, 0) is 43.6 Å². The fraction of sp³-hybridized carbons (Fsp3) is 0.538. The number of nitrogens with one attached hydrogen (secondary N) is 1. The van der Waals surface area contributed by atoms with E-state index in [4.69, 9.17) is 0 Å². The third-order valence-electron chi connectivity index (χ3n) is 3.04. The lowest BCUT2D eigenvalue weighted by molar-refractivity contribution is 0.296. The predicted molar refractivity (Wildman–Crippen MR) is 71.8 cm³/mol. The first kappa shape index (κ1) is 12.1. The summed E-state index contributed by atoms with van der Waals surface area (Å²) in [6.07, 6.45) is 2.43. The summed E-state index contributed by atoms with van der Waals surface area (Å²) in [5.74, 6) is 0. The van der Waals surface area contributed by atoms with Gasteiger partial charge in [-0.1, -0.05) is 28.1 Å². The number of nitrogens with zero attached hydrogens (tertiary/aromatic N) is 1. The first-order valence-corrected chi connectivity index (χ1v) is 6.81. The van der Waals surface area contributed by atoms with Crippen molar-refractivity contribution in [1.82, 2.24) is 10.2 Å². The number of benzene rings is 1. The van der Waals surface area contributed by atoms with E-state index >= 15 is 0 Å².